The number of amides is 1. The first-order valence-corrected chi connectivity index (χ1v) is 8.36. The van der Waals surface area contributed by atoms with Gasteiger partial charge in [0.15, 0.2) is 0 Å². The van der Waals surface area contributed by atoms with Crippen molar-refractivity contribution >= 4 is 11.6 Å². The molecule has 0 aromatic heterocycles. The maximum Gasteiger partial charge on any atom is 0.266 e. The molecule has 5 nitrogen and oxygen atoms in total. The number of rotatable bonds is 7. The van der Waals surface area contributed by atoms with E-state index in [2.05, 4.69) is 30.2 Å². The highest BCUT2D eigenvalue weighted by Crippen LogP contribution is 2.16. The van der Waals surface area contributed by atoms with Crippen molar-refractivity contribution in [3.63, 3.8) is 0 Å². The molecular weight excluding hydrogens is 312 g/mol. The highest BCUT2D eigenvalue weighted by molar-refractivity contribution is 5.97. The largest absolute Gasteiger partial charge is 0.373 e. The van der Waals surface area contributed by atoms with Crippen LogP contribution in [0.3, 0.4) is 0 Å². The Bertz CT molecular complexity index is 657. The third kappa shape index (κ3) is 4.98. The Morgan fingerprint density at radius 2 is 1.72 bits per heavy atom. The smallest absolute Gasteiger partial charge is 0.266 e. The van der Waals surface area contributed by atoms with Crippen molar-refractivity contribution in [2.24, 2.45) is 0 Å². The van der Waals surface area contributed by atoms with E-state index in [9.17, 15) is 10.1 Å². The Hall–Kier alpha value is -3.00. The summed E-state index contributed by atoms with van der Waals surface area (Å²) in [5.74, 6) is -0.284. The van der Waals surface area contributed by atoms with E-state index in [-0.39, 0.29) is 11.5 Å². The van der Waals surface area contributed by atoms with Crippen LogP contribution in [0.4, 0.5) is 5.69 Å². The maximum absolute atomic E-state index is 12.5. The molecule has 1 aromatic carbocycles. The zero-order valence-electron chi connectivity index (χ0n) is 14.5. The summed E-state index contributed by atoms with van der Waals surface area (Å²) < 4.78 is 0. The standard InChI is InChI=1S/C20H24N4O/c1-3-10-24(11-4-2)20(25)18(16-21)17-22-12-14-23(15-13-22)19-8-6-5-7-9-19/h3-9,17H,1-2,10-15H2/b18-17-. The number of anilines is 1. The number of carbonyl (C=O) groups excluding carboxylic acids is 1. The van der Waals surface area contributed by atoms with E-state index in [4.69, 9.17) is 0 Å². The molecule has 0 unspecified atom stereocenters. The molecule has 25 heavy (non-hydrogen) atoms. The van der Waals surface area contributed by atoms with E-state index in [1.807, 2.05) is 29.2 Å². The minimum atomic E-state index is -0.284. The normalized spacial score (nSPS) is 14.6. The molecule has 2 rings (SSSR count). The van der Waals surface area contributed by atoms with Crippen molar-refractivity contribution in [2.45, 2.75) is 0 Å². The average molecular weight is 336 g/mol. The second-order valence-corrected chi connectivity index (χ2v) is 5.80. The molecule has 0 aliphatic carbocycles. The summed E-state index contributed by atoms with van der Waals surface area (Å²) in [7, 11) is 0. The number of nitriles is 1. The van der Waals surface area contributed by atoms with E-state index < -0.39 is 0 Å². The van der Waals surface area contributed by atoms with Crippen molar-refractivity contribution in [1.29, 1.82) is 5.26 Å². The molecule has 5 heteroatoms. The van der Waals surface area contributed by atoms with E-state index in [0.717, 1.165) is 26.2 Å². The summed E-state index contributed by atoms with van der Waals surface area (Å²) in [4.78, 5) is 18.4. The molecule has 1 heterocycles. The molecular formula is C20H24N4O. The lowest BCUT2D eigenvalue weighted by Gasteiger charge is -2.35. The van der Waals surface area contributed by atoms with Crippen LogP contribution in [0.2, 0.25) is 0 Å². The van der Waals surface area contributed by atoms with Crippen molar-refractivity contribution in [3.05, 3.63) is 67.4 Å². The lowest BCUT2D eigenvalue weighted by Crippen LogP contribution is -2.44. The van der Waals surface area contributed by atoms with Gasteiger partial charge in [-0.3, -0.25) is 4.79 Å². The molecule has 130 valence electrons. The molecule has 1 fully saturated rings. The van der Waals surface area contributed by atoms with Crippen LogP contribution in [0.15, 0.2) is 67.4 Å². The molecule has 0 bridgehead atoms. The fourth-order valence-corrected chi connectivity index (χ4v) is 2.78. The molecule has 1 aliphatic heterocycles. The van der Waals surface area contributed by atoms with Gasteiger partial charge in [-0.05, 0) is 12.1 Å². The molecule has 1 saturated heterocycles. The van der Waals surface area contributed by atoms with Crippen LogP contribution in [0.1, 0.15) is 0 Å². The number of carbonyl (C=O) groups is 1. The van der Waals surface area contributed by atoms with Crippen LogP contribution in [-0.2, 0) is 4.79 Å². The van der Waals surface area contributed by atoms with Gasteiger partial charge in [0.05, 0.1) is 0 Å². The number of piperazine rings is 1. The summed E-state index contributed by atoms with van der Waals surface area (Å²) >= 11 is 0. The number of benzene rings is 1. The molecule has 1 aromatic rings. The Morgan fingerprint density at radius 3 is 2.24 bits per heavy atom. The molecule has 0 radical (unpaired) electrons. The third-order valence-corrected chi connectivity index (χ3v) is 4.08. The number of nitrogens with zero attached hydrogens (tertiary/aromatic N) is 4. The van der Waals surface area contributed by atoms with Gasteiger partial charge < -0.3 is 14.7 Å². The first-order chi connectivity index (χ1) is 12.2. The molecule has 0 spiro atoms. The summed E-state index contributed by atoms with van der Waals surface area (Å²) in [6, 6.07) is 12.3. The number of para-hydroxylation sites is 1. The topological polar surface area (TPSA) is 50.6 Å². The fraction of sp³-hybridized carbons (Fsp3) is 0.300. The van der Waals surface area contributed by atoms with E-state index in [1.54, 1.807) is 23.3 Å². The third-order valence-electron chi connectivity index (χ3n) is 4.08. The van der Waals surface area contributed by atoms with Crippen LogP contribution in [0.25, 0.3) is 0 Å². The lowest BCUT2D eigenvalue weighted by atomic mass is 10.2. The van der Waals surface area contributed by atoms with Crippen molar-refractivity contribution in [3.8, 4) is 6.07 Å². The fourth-order valence-electron chi connectivity index (χ4n) is 2.78. The Kier molecular flexibility index (Phi) is 6.85. The zero-order chi connectivity index (χ0) is 18.1. The van der Waals surface area contributed by atoms with Crippen molar-refractivity contribution < 1.29 is 4.79 Å². The summed E-state index contributed by atoms with van der Waals surface area (Å²) in [6.07, 6.45) is 4.98. The summed E-state index contributed by atoms with van der Waals surface area (Å²) in [5, 5.41) is 9.39. The van der Waals surface area contributed by atoms with Gasteiger partial charge in [-0.15, -0.1) is 13.2 Å². The predicted octanol–water partition coefficient (Wildman–Crippen LogP) is 2.42. The van der Waals surface area contributed by atoms with Gasteiger partial charge in [-0.1, -0.05) is 30.4 Å². The van der Waals surface area contributed by atoms with Crippen LogP contribution in [0.5, 0.6) is 0 Å². The van der Waals surface area contributed by atoms with Crippen molar-refractivity contribution in [2.75, 3.05) is 44.2 Å². The van der Waals surface area contributed by atoms with Gasteiger partial charge in [-0.2, -0.15) is 5.26 Å². The minimum Gasteiger partial charge on any atom is -0.373 e. The monoisotopic (exact) mass is 336 g/mol. The van der Waals surface area contributed by atoms with E-state index in [0.29, 0.717) is 13.1 Å². The van der Waals surface area contributed by atoms with Gasteiger partial charge in [-0.25, -0.2) is 0 Å². The molecule has 1 amide bonds. The molecule has 0 atom stereocenters. The maximum atomic E-state index is 12.5. The highest BCUT2D eigenvalue weighted by Gasteiger charge is 2.20. The highest BCUT2D eigenvalue weighted by atomic mass is 16.2. The van der Waals surface area contributed by atoms with Crippen LogP contribution >= 0.6 is 0 Å². The van der Waals surface area contributed by atoms with Crippen LogP contribution in [-0.4, -0.2) is 55.0 Å². The van der Waals surface area contributed by atoms with Crippen molar-refractivity contribution in [1.82, 2.24) is 9.80 Å². The zero-order valence-corrected chi connectivity index (χ0v) is 14.5. The van der Waals surface area contributed by atoms with Gasteiger partial charge in [0.1, 0.15) is 11.6 Å². The SMILES string of the molecule is C=CCN(CC=C)C(=O)/C(C#N)=C\N1CCN(c2ccccc2)CC1. The first-order valence-electron chi connectivity index (χ1n) is 8.36. The second kappa shape index (κ2) is 9.33. The second-order valence-electron chi connectivity index (χ2n) is 5.80. The van der Waals surface area contributed by atoms with E-state index in [1.165, 1.54) is 5.69 Å². The quantitative estimate of drug-likeness (QED) is 0.436. The van der Waals surface area contributed by atoms with Crippen LogP contribution < -0.4 is 4.90 Å². The predicted molar refractivity (Wildman–Crippen MR) is 101 cm³/mol. The Labute approximate surface area is 149 Å². The Balaban J connectivity index is 2.01. The Morgan fingerprint density at radius 1 is 1.12 bits per heavy atom. The van der Waals surface area contributed by atoms with Gasteiger partial charge in [0.2, 0.25) is 0 Å². The van der Waals surface area contributed by atoms with Gasteiger partial charge >= 0.3 is 0 Å². The first kappa shape index (κ1) is 18.3. The molecule has 0 saturated carbocycles. The minimum absolute atomic E-state index is 0.150. The lowest BCUT2D eigenvalue weighted by molar-refractivity contribution is -0.125. The number of hydrogen-bond donors (Lipinski definition) is 0. The summed E-state index contributed by atoms with van der Waals surface area (Å²) in [5.41, 5.74) is 1.35. The van der Waals surface area contributed by atoms with Gasteiger partial charge in [0.25, 0.3) is 5.91 Å². The van der Waals surface area contributed by atoms with Gasteiger partial charge in [0, 0.05) is 51.2 Å². The van der Waals surface area contributed by atoms with E-state index >= 15 is 0 Å². The van der Waals surface area contributed by atoms with Crippen LogP contribution in [0, 0.1) is 11.3 Å². The summed E-state index contributed by atoms with van der Waals surface area (Å²) in [6.45, 7) is 11.4. The molecule has 1 aliphatic rings. The average Bonchev–Trinajstić information content (AvgIpc) is 2.66. The molecule has 0 N–H and O–H groups in total. The number of hydrogen-bond acceptors (Lipinski definition) is 4.